The number of rotatable bonds is 6. The van der Waals surface area contributed by atoms with Gasteiger partial charge < -0.3 is 0 Å². The monoisotopic (exact) mass is 732 g/mol. The first-order valence-corrected chi connectivity index (χ1v) is 19.3. The predicted molar refractivity (Wildman–Crippen MR) is 239 cm³/mol. The van der Waals surface area contributed by atoms with E-state index in [2.05, 4.69) is 144 Å². The van der Waals surface area contributed by atoms with Crippen LogP contribution < -0.4 is 0 Å². The van der Waals surface area contributed by atoms with E-state index in [1.54, 1.807) is 0 Å². The Morgan fingerprint density at radius 1 is 0.421 bits per heavy atom. The van der Waals surface area contributed by atoms with Gasteiger partial charge in [-0.1, -0.05) is 152 Å². The molecule has 10 aromatic rings. The Morgan fingerprint density at radius 2 is 0.930 bits per heavy atom. The van der Waals surface area contributed by atoms with Crippen molar-refractivity contribution in [1.82, 2.24) is 19.5 Å². The lowest BCUT2D eigenvalue weighted by atomic mass is 9.85. The number of fused-ring (bicyclic) bond motifs is 3. The largest absolute Gasteiger partial charge is 0.290 e. The molecule has 0 N–H and O–H groups in total. The average Bonchev–Trinajstić information content (AvgIpc) is 3.70. The van der Waals surface area contributed by atoms with Gasteiger partial charge in [0.2, 0.25) is 0 Å². The summed E-state index contributed by atoms with van der Waals surface area (Å²) in [4.78, 5) is 14.8. The summed E-state index contributed by atoms with van der Waals surface area (Å²) in [5, 5.41) is 7.40. The van der Waals surface area contributed by atoms with Crippen molar-refractivity contribution in [2.24, 2.45) is 0 Å². The van der Waals surface area contributed by atoms with Gasteiger partial charge in [0.15, 0.2) is 0 Å². The molecule has 0 unspecified atom stereocenters. The first-order chi connectivity index (χ1) is 28.2. The second-order valence-corrected chi connectivity index (χ2v) is 13.9. The molecular formula is C53H40N4. The van der Waals surface area contributed by atoms with Crippen LogP contribution in [0, 0.1) is 0 Å². The van der Waals surface area contributed by atoms with E-state index in [1.165, 1.54) is 49.0 Å². The standard InChI is InChI=1S/C49H32N4.C4H8/c1-2-15-35(16-3-1)49-52-47(43-22-10-12-30-50-43)48(44-23-11-13-31-51-44)53(49)38-28-26-34(27-29-38)45-39-18-6-8-20-41(39)46(42-21-9-7-19-40(42)45)37-25-24-33-14-4-5-17-36(33)32-37;1-3-4-2/h1-32H;3-4H,1-2H3/b;4-3+. The highest BCUT2D eigenvalue weighted by molar-refractivity contribution is 6.21. The number of allylic oxidation sites excluding steroid dienone is 2. The van der Waals surface area contributed by atoms with Gasteiger partial charge in [-0.25, -0.2) is 4.98 Å². The summed E-state index contributed by atoms with van der Waals surface area (Å²) in [6.45, 7) is 4.00. The quantitative estimate of drug-likeness (QED) is 0.126. The van der Waals surface area contributed by atoms with Crippen molar-refractivity contribution in [3.05, 3.63) is 207 Å². The van der Waals surface area contributed by atoms with E-state index < -0.39 is 0 Å². The van der Waals surface area contributed by atoms with Crippen molar-refractivity contribution < 1.29 is 0 Å². The molecule has 4 heteroatoms. The molecule has 4 nitrogen and oxygen atoms in total. The SMILES string of the molecule is C/C=C/C.c1ccc(-c2nc(-c3ccccn3)c(-c3ccccn3)n2-c2ccc(-c3c4ccccc4c(-c4ccc5ccccc5c4)c4ccccc34)cc2)cc1. The summed E-state index contributed by atoms with van der Waals surface area (Å²) in [7, 11) is 0. The van der Waals surface area contributed by atoms with Gasteiger partial charge in [0, 0.05) is 23.6 Å². The second-order valence-electron chi connectivity index (χ2n) is 13.9. The maximum atomic E-state index is 5.28. The molecule has 10 rings (SSSR count). The first-order valence-electron chi connectivity index (χ1n) is 19.3. The maximum Gasteiger partial charge on any atom is 0.145 e. The molecule has 3 heterocycles. The molecule has 0 amide bonds. The molecule has 7 aromatic carbocycles. The van der Waals surface area contributed by atoms with E-state index in [-0.39, 0.29) is 0 Å². The minimum atomic E-state index is 0.786. The molecule has 0 aliphatic carbocycles. The Bertz CT molecular complexity index is 2940. The third kappa shape index (κ3) is 6.68. The summed E-state index contributed by atoms with van der Waals surface area (Å²) in [5.41, 5.74) is 10.2. The smallest absolute Gasteiger partial charge is 0.145 e. The average molecular weight is 733 g/mol. The Hall–Kier alpha value is -7.43. The van der Waals surface area contributed by atoms with E-state index in [4.69, 9.17) is 15.0 Å². The summed E-state index contributed by atoms with van der Waals surface area (Å²) < 4.78 is 2.23. The van der Waals surface area contributed by atoms with E-state index in [1.807, 2.05) is 80.9 Å². The molecule has 0 atom stereocenters. The Morgan fingerprint density at radius 3 is 1.51 bits per heavy atom. The van der Waals surface area contributed by atoms with Gasteiger partial charge in [-0.15, -0.1) is 0 Å². The van der Waals surface area contributed by atoms with Crippen LogP contribution in [0.3, 0.4) is 0 Å². The van der Waals surface area contributed by atoms with Crippen LogP contribution in [0.5, 0.6) is 0 Å². The summed E-state index contributed by atoms with van der Waals surface area (Å²) in [6, 6.07) is 64.2. The van der Waals surface area contributed by atoms with Crippen LogP contribution in [0.1, 0.15) is 13.8 Å². The number of hydrogen-bond acceptors (Lipinski definition) is 3. The van der Waals surface area contributed by atoms with Crippen LogP contribution >= 0.6 is 0 Å². The van der Waals surface area contributed by atoms with Gasteiger partial charge in [0.25, 0.3) is 0 Å². The van der Waals surface area contributed by atoms with E-state index in [0.29, 0.717) is 0 Å². The molecule has 0 aliphatic heterocycles. The molecule has 0 bridgehead atoms. The van der Waals surface area contributed by atoms with Gasteiger partial charge in [-0.3, -0.25) is 14.5 Å². The second kappa shape index (κ2) is 15.7. The lowest BCUT2D eigenvalue weighted by Crippen LogP contribution is -2.01. The van der Waals surface area contributed by atoms with Crippen LogP contribution in [0.25, 0.3) is 94.4 Å². The highest BCUT2D eigenvalue weighted by atomic mass is 15.1. The molecule has 272 valence electrons. The van der Waals surface area contributed by atoms with Gasteiger partial charge in [0.05, 0.1) is 11.4 Å². The number of nitrogens with zero attached hydrogens (tertiary/aromatic N) is 4. The lowest BCUT2D eigenvalue weighted by molar-refractivity contribution is 1.06. The molecule has 0 aliphatic rings. The normalized spacial score (nSPS) is 11.3. The van der Waals surface area contributed by atoms with Gasteiger partial charge in [0.1, 0.15) is 17.2 Å². The minimum Gasteiger partial charge on any atom is -0.290 e. The predicted octanol–water partition coefficient (Wildman–Crippen LogP) is 14.0. The fraction of sp³-hybridized carbons (Fsp3) is 0.0377. The van der Waals surface area contributed by atoms with Crippen LogP contribution in [0.15, 0.2) is 207 Å². The van der Waals surface area contributed by atoms with Crippen molar-refractivity contribution in [3.63, 3.8) is 0 Å². The van der Waals surface area contributed by atoms with Gasteiger partial charge in [-0.2, -0.15) is 0 Å². The number of aromatic nitrogens is 4. The molecule has 0 spiro atoms. The molecule has 57 heavy (non-hydrogen) atoms. The van der Waals surface area contributed by atoms with E-state index >= 15 is 0 Å². The number of pyridine rings is 2. The number of benzene rings is 7. The molecule has 0 saturated carbocycles. The molecule has 0 saturated heterocycles. The molecule has 0 fully saturated rings. The minimum absolute atomic E-state index is 0.786. The van der Waals surface area contributed by atoms with Gasteiger partial charge in [-0.05, 0) is 111 Å². The Kier molecular flexibility index (Phi) is 9.74. The van der Waals surface area contributed by atoms with E-state index in [0.717, 1.165) is 45.4 Å². The highest BCUT2D eigenvalue weighted by Gasteiger charge is 2.24. The zero-order chi connectivity index (χ0) is 38.6. The first kappa shape index (κ1) is 35.3. The highest BCUT2D eigenvalue weighted by Crippen LogP contribution is 2.45. The fourth-order valence-corrected chi connectivity index (χ4v) is 7.75. The van der Waals surface area contributed by atoms with Crippen LogP contribution in [-0.4, -0.2) is 19.5 Å². The van der Waals surface area contributed by atoms with Crippen molar-refractivity contribution in [2.75, 3.05) is 0 Å². The Labute approximate surface area is 333 Å². The van der Waals surface area contributed by atoms with Crippen molar-refractivity contribution in [1.29, 1.82) is 0 Å². The van der Waals surface area contributed by atoms with Crippen molar-refractivity contribution in [3.8, 4) is 62.1 Å². The topological polar surface area (TPSA) is 43.6 Å². The van der Waals surface area contributed by atoms with Crippen LogP contribution in [-0.2, 0) is 0 Å². The zero-order valence-electron chi connectivity index (χ0n) is 31.9. The lowest BCUT2D eigenvalue weighted by Gasteiger charge is -2.18. The van der Waals surface area contributed by atoms with Gasteiger partial charge >= 0.3 is 0 Å². The molecule has 3 aromatic heterocycles. The third-order valence-electron chi connectivity index (χ3n) is 10.4. The fourth-order valence-electron chi connectivity index (χ4n) is 7.75. The summed E-state index contributed by atoms with van der Waals surface area (Å²) in [6.07, 6.45) is 7.64. The molecular weight excluding hydrogens is 693 g/mol. The molecule has 0 radical (unpaired) electrons. The number of hydrogen-bond donors (Lipinski definition) is 0. The van der Waals surface area contributed by atoms with Crippen LogP contribution in [0.2, 0.25) is 0 Å². The van der Waals surface area contributed by atoms with E-state index in [9.17, 15) is 0 Å². The van der Waals surface area contributed by atoms with Crippen LogP contribution in [0.4, 0.5) is 0 Å². The number of imidazole rings is 1. The maximum absolute atomic E-state index is 5.28. The van der Waals surface area contributed by atoms with Crippen molar-refractivity contribution >= 4 is 32.3 Å². The third-order valence-corrected chi connectivity index (χ3v) is 10.4. The van der Waals surface area contributed by atoms with Crippen molar-refractivity contribution in [2.45, 2.75) is 13.8 Å². The Balaban J connectivity index is 0.00000101. The summed E-state index contributed by atoms with van der Waals surface area (Å²) >= 11 is 0. The zero-order valence-corrected chi connectivity index (χ0v) is 31.9. The summed E-state index contributed by atoms with van der Waals surface area (Å²) in [5.74, 6) is 0.829.